The topological polar surface area (TPSA) is 59.4 Å². The predicted molar refractivity (Wildman–Crippen MR) is 119 cm³/mol. The number of anilines is 1. The molecule has 4 rings (SSSR count). The average Bonchev–Trinajstić information content (AvgIpc) is 2.79. The van der Waals surface area contributed by atoms with Crippen LogP contribution in [-0.2, 0) is 6.61 Å². The van der Waals surface area contributed by atoms with E-state index in [1.165, 1.54) is 6.07 Å². The Morgan fingerprint density at radius 2 is 2.00 bits per heavy atom. The van der Waals surface area contributed by atoms with Crippen LogP contribution in [0.1, 0.15) is 19.4 Å². The van der Waals surface area contributed by atoms with Crippen molar-refractivity contribution in [3.8, 4) is 11.4 Å². The first-order valence-corrected chi connectivity index (χ1v) is 10.4. The van der Waals surface area contributed by atoms with Crippen molar-refractivity contribution in [3.63, 3.8) is 0 Å². The van der Waals surface area contributed by atoms with E-state index in [1.54, 1.807) is 17.0 Å². The second-order valence-corrected chi connectivity index (χ2v) is 7.97. The molecule has 1 unspecified atom stereocenters. The SMILES string of the molecule is CC(C)C1CN(c2ccc(-n3ccc(OCc4ccccc4)cc3=O)cn2)CCN1. The normalized spacial score (nSPS) is 16.6. The number of hydrogen-bond donors (Lipinski definition) is 1. The van der Waals surface area contributed by atoms with Crippen LogP contribution in [0.25, 0.3) is 5.69 Å². The molecule has 156 valence electrons. The number of benzene rings is 1. The Balaban J connectivity index is 1.44. The zero-order valence-electron chi connectivity index (χ0n) is 17.5. The van der Waals surface area contributed by atoms with Crippen LogP contribution < -0.4 is 20.5 Å². The highest BCUT2D eigenvalue weighted by Gasteiger charge is 2.22. The molecule has 1 aliphatic heterocycles. The van der Waals surface area contributed by atoms with Crippen LogP contribution in [0, 0.1) is 5.92 Å². The van der Waals surface area contributed by atoms with Gasteiger partial charge in [-0.25, -0.2) is 4.98 Å². The van der Waals surface area contributed by atoms with Gasteiger partial charge in [-0.3, -0.25) is 9.36 Å². The Hall–Kier alpha value is -3.12. The lowest BCUT2D eigenvalue weighted by molar-refractivity contribution is 0.305. The van der Waals surface area contributed by atoms with Gasteiger partial charge < -0.3 is 15.0 Å². The average molecular weight is 405 g/mol. The second kappa shape index (κ2) is 9.13. The van der Waals surface area contributed by atoms with E-state index < -0.39 is 0 Å². The summed E-state index contributed by atoms with van der Waals surface area (Å²) in [7, 11) is 0. The Morgan fingerprint density at radius 1 is 1.17 bits per heavy atom. The minimum absolute atomic E-state index is 0.142. The number of hydrogen-bond acceptors (Lipinski definition) is 5. The molecule has 1 N–H and O–H groups in total. The van der Waals surface area contributed by atoms with Crippen molar-refractivity contribution in [3.05, 3.63) is 82.9 Å². The molecule has 2 aromatic heterocycles. The first-order valence-electron chi connectivity index (χ1n) is 10.4. The van der Waals surface area contributed by atoms with Gasteiger partial charge >= 0.3 is 0 Å². The summed E-state index contributed by atoms with van der Waals surface area (Å²) in [5.41, 5.74) is 1.67. The largest absolute Gasteiger partial charge is 0.489 e. The summed E-state index contributed by atoms with van der Waals surface area (Å²) < 4.78 is 7.33. The van der Waals surface area contributed by atoms with E-state index in [2.05, 4.69) is 29.0 Å². The molecular formula is C24H28N4O2. The van der Waals surface area contributed by atoms with E-state index in [4.69, 9.17) is 4.74 Å². The van der Waals surface area contributed by atoms with Gasteiger partial charge in [0, 0.05) is 37.9 Å². The Kier molecular flexibility index (Phi) is 6.14. The van der Waals surface area contributed by atoms with Crippen LogP contribution in [0.4, 0.5) is 5.82 Å². The zero-order valence-corrected chi connectivity index (χ0v) is 17.5. The van der Waals surface area contributed by atoms with E-state index in [9.17, 15) is 4.79 Å². The third-order valence-electron chi connectivity index (χ3n) is 5.48. The highest BCUT2D eigenvalue weighted by Crippen LogP contribution is 2.18. The van der Waals surface area contributed by atoms with Gasteiger partial charge in [-0.15, -0.1) is 0 Å². The Bertz CT molecular complexity index is 1020. The minimum Gasteiger partial charge on any atom is -0.489 e. The van der Waals surface area contributed by atoms with Gasteiger partial charge in [0.2, 0.25) is 0 Å². The van der Waals surface area contributed by atoms with Crippen LogP contribution in [0.3, 0.4) is 0 Å². The lowest BCUT2D eigenvalue weighted by Crippen LogP contribution is -2.53. The van der Waals surface area contributed by atoms with Gasteiger partial charge in [0.1, 0.15) is 18.2 Å². The van der Waals surface area contributed by atoms with E-state index in [1.807, 2.05) is 48.5 Å². The van der Waals surface area contributed by atoms with Gasteiger partial charge in [-0.2, -0.15) is 0 Å². The van der Waals surface area contributed by atoms with E-state index in [0.717, 1.165) is 36.7 Å². The summed E-state index contributed by atoms with van der Waals surface area (Å²) in [6.07, 6.45) is 3.49. The van der Waals surface area contributed by atoms with Crippen molar-refractivity contribution in [2.45, 2.75) is 26.5 Å². The molecule has 0 aliphatic carbocycles. The van der Waals surface area contributed by atoms with E-state index in [-0.39, 0.29) is 5.56 Å². The summed E-state index contributed by atoms with van der Waals surface area (Å²) in [5, 5.41) is 3.56. The van der Waals surface area contributed by atoms with Crippen LogP contribution in [0.2, 0.25) is 0 Å². The van der Waals surface area contributed by atoms with Gasteiger partial charge in [0.25, 0.3) is 5.56 Å². The number of nitrogens with one attached hydrogen (secondary N) is 1. The Labute approximate surface area is 177 Å². The van der Waals surface area contributed by atoms with Gasteiger partial charge in [0.05, 0.1) is 11.9 Å². The molecule has 6 nitrogen and oxygen atoms in total. The van der Waals surface area contributed by atoms with Crippen LogP contribution in [0.15, 0.2) is 71.8 Å². The molecule has 0 saturated carbocycles. The number of nitrogens with zero attached hydrogens (tertiary/aromatic N) is 3. The van der Waals surface area contributed by atoms with Gasteiger partial charge in [-0.1, -0.05) is 44.2 Å². The van der Waals surface area contributed by atoms with Crippen molar-refractivity contribution in [1.82, 2.24) is 14.9 Å². The first kappa shape index (κ1) is 20.2. The maximum atomic E-state index is 12.6. The standard InChI is InChI=1S/C24H28N4O2/c1-18(2)22-16-27(13-11-25-22)23-9-8-20(15-26-23)28-12-10-21(14-24(28)29)30-17-19-6-4-3-5-7-19/h3-10,12,14-15,18,22,25H,11,13,16-17H2,1-2H3. The number of aromatic nitrogens is 2. The summed E-state index contributed by atoms with van der Waals surface area (Å²) >= 11 is 0. The molecule has 1 aliphatic rings. The fourth-order valence-corrected chi connectivity index (χ4v) is 3.65. The molecule has 1 aromatic carbocycles. The van der Waals surface area contributed by atoms with Crippen molar-refractivity contribution >= 4 is 5.82 Å². The molecule has 1 saturated heterocycles. The van der Waals surface area contributed by atoms with Crippen molar-refractivity contribution < 1.29 is 4.74 Å². The molecule has 30 heavy (non-hydrogen) atoms. The summed E-state index contributed by atoms with van der Waals surface area (Å²) in [6.45, 7) is 7.73. The summed E-state index contributed by atoms with van der Waals surface area (Å²) in [5.74, 6) is 2.08. The number of pyridine rings is 2. The third-order valence-corrected chi connectivity index (χ3v) is 5.48. The lowest BCUT2D eigenvalue weighted by Gasteiger charge is -2.36. The zero-order chi connectivity index (χ0) is 20.9. The first-order chi connectivity index (χ1) is 14.6. The van der Waals surface area contributed by atoms with Crippen LogP contribution in [0.5, 0.6) is 5.75 Å². The molecule has 6 heteroatoms. The molecule has 1 fully saturated rings. The quantitative estimate of drug-likeness (QED) is 0.684. The Morgan fingerprint density at radius 3 is 2.70 bits per heavy atom. The maximum Gasteiger partial charge on any atom is 0.258 e. The highest BCUT2D eigenvalue weighted by atomic mass is 16.5. The van der Waals surface area contributed by atoms with Crippen molar-refractivity contribution in [2.75, 3.05) is 24.5 Å². The van der Waals surface area contributed by atoms with E-state index >= 15 is 0 Å². The van der Waals surface area contributed by atoms with Gasteiger partial charge in [0.15, 0.2) is 0 Å². The maximum absolute atomic E-state index is 12.6. The molecule has 3 aromatic rings. The molecule has 0 bridgehead atoms. The van der Waals surface area contributed by atoms with Crippen LogP contribution in [-0.4, -0.2) is 35.2 Å². The second-order valence-electron chi connectivity index (χ2n) is 7.97. The minimum atomic E-state index is -0.142. The smallest absolute Gasteiger partial charge is 0.258 e. The highest BCUT2D eigenvalue weighted by molar-refractivity contribution is 5.44. The predicted octanol–water partition coefficient (Wildman–Crippen LogP) is 3.25. The fraction of sp³-hybridized carbons (Fsp3) is 0.333. The molecular weight excluding hydrogens is 376 g/mol. The number of rotatable bonds is 6. The van der Waals surface area contributed by atoms with Gasteiger partial charge in [-0.05, 0) is 29.7 Å². The monoisotopic (exact) mass is 404 g/mol. The third kappa shape index (κ3) is 4.71. The lowest BCUT2D eigenvalue weighted by atomic mass is 10.0. The molecule has 0 radical (unpaired) electrons. The molecule has 1 atom stereocenters. The summed E-state index contributed by atoms with van der Waals surface area (Å²) in [4.78, 5) is 19.5. The number of ether oxygens (including phenoxy) is 1. The molecule has 0 spiro atoms. The van der Waals surface area contributed by atoms with Crippen molar-refractivity contribution in [1.29, 1.82) is 0 Å². The summed E-state index contributed by atoms with van der Waals surface area (Å²) in [6, 6.07) is 17.6. The molecule has 3 heterocycles. The van der Waals surface area contributed by atoms with Crippen molar-refractivity contribution in [2.24, 2.45) is 5.92 Å². The fourth-order valence-electron chi connectivity index (χ4n) is 3.65. The van der Waals surface area contributed by atoms with E-state index in [0.29, 0.717) is 24.3 Å². The molecule has 0 amide bonds. The number of piperazine rings is 1. The van der Waals surface area contributed by atoms with Crippen LogP contribution >= 0.6 is 0 Å².